The molecule has 118 valence electrons. The quantitative estimate of drug-likeness (QED) is 0.655. The molecule has 1 unspecified atom stereocenters. The molecule has 1 aliphatic heterocycles. The van der Waals surface area contributed by atoms with Gasteiger partial charge in [0.15, 0.2) is 17.3 Å². The molecule has 1 N–H and O–H groups in total. The van der Waals surface area contributed by atoms with Crippen LogP contribution in [0.25, 0.3) is 0 Å². The highest BCUT2D eigenvalue weighted by molar-refractivity contribution is 7.81. The summed E-state index contributed by atoms with van der Waals surface area (Å²) in [4.78, 5) is 28.3. The van der Waals surface area contributed by atoms with Crippen molar-refractivity contribution in [1.82, 2.24) is 0 Å². The van der Waals surface area contributed by atoms with Crippen LogP contribution in [0.1, 0.15) is 24.2 Å². The first kappa shape index (κ1) is 16.1. The van der Waals surface area contributed by atoms with E-state index in [1.54, 1.807) is 0 Å². The van der Waals surface area contributed by atoms with Crippen molar-refractivity contribution >= 4 is 33.4 Å². The Morgan fingerprint density at radius 1 is 1.36 bits per heavy atom. The van der Waals surface area contributed by atoms with E-state index < -0.39 is 33.6 Å². The summed E-state index contributed by atoms with van der Waals surface area (Å²) < 4.78 is 40.3. The average Bonchev–Trinajstić information content (AvgIpc) is 2.36. The number of Topliss-reactive ketones (excluding diaryl/α,β-unsaturated/α-hetero) is 2. The molecule has 2 rings (SSSR count). The number of rotatable bonds is 4. The lowest BCUT2D eigenvalue weighted by molar-refractivity contribution is -0.117. The van der Waals surface area contributed by atoms with Crippen molar-refractivity contribution in [3.05, 3.63) is 17.7 Å². The lowest BCUT2D eigenvalue weighted by Crippen LogP contribution is -2.32. The Morgan fingerprint density at radius 3 is 2.50 bits per heavy atom. The predicted octanol–water partition coefficient (Wildman–Crippen LogP) is 1.37. The van der Waals surface area contributed by atoms with Crippen molar-refractivity contribution in [3.8, 4) is 11.5 Å². The summed E-state index contributed by atoms with van der Waals surface area (Å²) >= 11 is 0. The molecule has 1 heterocycles. The van der Waals surface area contributed by atoms with Crippen LogP contribution in [0.5, 0.6) is 11.5 Å². The summed E-state index contributed by atoms with van der Waals surface area (Å²) in [5, 5.41) is 0. The van der Waals surface area contributed by atoms with Gasteiger partial charge < -0.3 is 8.92 Å². The van der Waals surface area contributed by atoms with Crippen LogP contribution < -0.4 is 8.92 Å². The van der Waals surface area contributed by atoms with Crippen LogP contribution in [0.15, 0.2) is 17.1 Å². The maximum absolute atomic E-state index is 12.5. The van der Waals surface area contributed by atoms with Gasteiger partial charge in [-0.15, -0.1) is 0 Å². The first-order valence-electron chi connectivity index (χ1n) is 6.13. The van der Waals surface area contributed by atoms with Gasteiger partial charge in [0.25, 0.3) is 0 Å². The molecule has 1 atom stereocenters. The van der Waals surface area contributed by atoms with Crippen molar-refractivity contribution in [3.63, 3.8) is 0 Å². The number of carbonyl (C=O) groups excluding carboxylic acids is 2. The number of hydrogen-bond donors (Lipinski definition) is 1. The number of benzene rings is 1. The van der Waals surface area contributed by atoms with E-state index in [1.165, 1.54) is 33.1 Å². The molecule has 0 amide bonds. The third-order valence-corrected chi connectivity index (χ3v) is 3.52. The smallest absolute Gasteiger partial charge is 0.446 e. The summed E-state index contributed by atoms with van der Waals surface area (Å²) in [5.74, 6) is -2.79. The van der Waals surface area contributed by atoms with Gasteiger partial charge in [0.2, 0.25) is 0 Å². The SMILES string of the molecule is COc1ccc2c(c1OS(=O)(=O)O)C(=O)C(C(C)=O)C(C)=N2. The largest absolute Gasteiger partial charge is 0.493 e. The Bertz CT molecular complexity index is 795. The van der Waals surface area contributed by atoms with Crippen LogP contribution >= 0.6 is 0 Å². The van der Waals surface area contributed by atoms with Crippen molar-refractivity contribution in [1.29, 1.82) is 0 Å². The number of hydrogen-bond acceptors (Lipinski definition) is 7. The summed E-state index contributed by atoms with van der Waals surface area (Å²) in [5.41, 5.74) is 0.218. The van der Waals surface area contributed by atoms with Gasteiger partial charge in [-0.2, -0.15) is 8.42 Å². The molecule has 0 fully saturated rings. The fraction of sp³-hybridized carbons (Fsp3) is 0.308. The number of fused-ring (bicyclic) bond motifs is 1. The van der Waals surface area contributed by atoms with E-state index in [0.717, 1.165) is 0 Å². The highest BCUT2D eigenvalue weighted by Crippen LogP contribution is 2.42. The van der Waals surface area contributed by atoms with Crippen molar-refractivity contribution < 1.29 is 31.5 Å². The summed E-state index contributed by atoms with van der Waals surface area (Å²) in [7, 11) is -3.64. The van der Waals surface area contributed by atoms with E-state index in [2.05, 4.69) is 9.18 Å². The molecular formula is C13H13NO7S. The molecule has 0 saturated heterocycles. The maximum atomic E-state index is 12.5. The van der Waals surface area contributed by atoms with E-state index in [4.69, 9.17) is 9.29 Å². The number of aliphatic imine (C=N–C) groups is 1. The van der Waals surface area contributed by atoms with Gasteiger partial charge in [-0.25, -0.2) is 0 Å². The van der Waals surface area contributed by atoms with Gasteiger partial charge in [-0.05, 0) is 26.0 Å². The van der Waals surface area contributed by atoms with Crippen molar-refractivity contribution in [2.45, 2.75) is 13.8 Å². The number of ketones is 2. The second kappa shape index (κ2) is 5.50. The van der Waals surface area contributed by atoms with Crippen LogP contribution in [0.4, 0.5) is 5.69 Å². The molecule has 1 aliphatic rings. The van der Waals surface area contributed by atoms with Gasteiger partial charge in [-0.3, -0.25) is 19.1 Å². The van der Waals surface area contributed by atoms with Crippen LogP contribution in [0.3, 0.4) is 0 Å². The van der Waals surface area contributed by atoms with Crippen LogP contribution in [0.2, 0.25) is 0 Å². The lowest BCUT2D eigenvalue weighted by atomic mass is 9.86. The first-order chi connectivity index (χ1) is 10.2. The Labute approximate surface area is 126 Å². The molecule has 8 nitrogen and oxygen atoms in total. The van der Waals surface area contributed by atoms with Crippen molar-refractivity contribution in [2.75, 3.05) is 7.11 Å². The second-order valence-corrected chi connectivity index (χ2v) is 5.69. The maximum Gasteiger partial charge on any atom is 0.446 e. The fourth-order valence-corrected chi connectivity index (χ4v) is 2.68. The van der Waals surface area contributed by atoms with Gasteiger partial charge in [-0.1, -0.05) is 0 Å². The van der Waals surface area contributed by atoms with Crippen LogP contribution in [-0.2, 0) is 15.2 Å². The molecule has 22 heavy (non-hydrogen) atoms. The summed E-state index contributed by atoms with van der Waals surface area (Å²) in [6.45, 7) is 2.76. The highest BCUT2D eigenvalue weighted by Gasteiger charge is 2.37. The molecule has 1 aromatic carbocycles. The van der Waals surface area contributed by atoms with E-state index in [1.807, 2.05) is 0 Å². The van der Waals surface area contributed by atoms with Gasteiger partial charge in [0.1, 0.15) is 11.7 Å². The highest BCUT2D eigenvalue weighted by atomic mass is 32.3. The molecule has 0 saturated carbocycles. The fourth-order valence-electron chi connectivity index (χ4n) is 2.30. The first-order valence-corrected chi connectivity index (χ1v) is 7.50. The average molecular weight is 327 g/mol. The van der Waals surface area contributed by atoms with Crippen LogP contribution in [0, 0.1) is 5.92 Å². The Balaban J connectivity index is 2.75. The third kappa shape index (κ3) is 2.85. The molecule has 0 radical (unpaired) electrons. The molecule has 0 aliphatic carbocycles. The number of methoxy groups -OCH3 is 1. The zero-order valence-electron chi connectivity index (χ0n) is 12.0. The monoisotopic (exact) mass is 327 g/mol. The lowest BCUT2D eigenvalue weighted by Gasteiger charge is -2.22. The minimum atomic E-state index is -4.88. The molecule has 9 heteroatoms. The molecule has 0 bridgehead atoms. The Hall–Kier alpha value is -2.26. The third-order valence-electron chi connectivity index (χ3n) is 3.14. The Morgan fingerprint density at radius 2 is 2.00 bits per heavy atom. The van der Waals surface area contributed by atoms with Gasteiger partial charge in [0.05, 0.1) is 18.4 Å². The number of ether oxygens (including phenoxy) is 1. The summed E-state index contributed by atoms with van der Waals surface area (Å²) in [6.07, 6.45) is 0. The standard InChI is InChI=1S/C13H13NO7S/c1-6-10(7(2)15)12(16)11-8(14-6)4-5-9(20-3)13(11)21-22(17,18)19/h4-5,10H,1-3H3,(H,17,18,19). The Kier molecular flexibility index (Phi) is 4.03. The minimum Gasteiger partial charge on any atom is -0.493 e. The van der Waals surface area contributed by atoms with E-state index >= 15 is 0 Å². The van der Waals surface area contributed by atoms with Gasteiger partial charge in [0, 0.05) is 5.71 Å². The van der Waals surface area contributed by atoms with Gasteiger partial charge >= 0.3 is 10.4 Å². The summed E-state index contributed by atoms with van der Waals surface area (Å²) in [6, 6.07) is 2.78. The second-order valence-electron chi connectivity index (χ2n) is 4.66. The minimum absolute atomic E-state index is 0.0817. The number of carbonyl (C=O) groups is 2. The van der Waals surface area contributed by atoms with E-state index in [9.17, 15) is 18.0 Å². The molecule has 0 aromatic heterocycles. The van der Waals surface area contributed by atoms with E-state index in [-0.39, 0.29) is 17.0 Å². The van der Waals surface area contributed by atoms with E-state index in [0.29, 0.717) is 5.71 Å². The van der Waals surface area contributed by atoms with Crippen LogP contribution in [-0.4, -0.2) is 37.4 Å². The zero-order valence-corrected chi connectivity index (χ0v) is 12.8. The molecule has 1 aromatic rings. The topological polar surface area (TPSA) is 119 Å². The molecule has 0 spiro atoms. The zero-order chi connectivity index (χ0) is 16.7. The number of nitrogens with zero attached hydrogens (tertiary/aromatic N) is 1. The predicted molar refractivity (Wildman–Crippen MR) is 76.4 cm³/mol. The normalized spacial score (nSPS) is 17.5. The molecular weight excluding hydrogens is 314 g/mol. The van der Waals surface area contributed by atoms with Crippen molar-refractivity contribution in [2.24, 2.45) is 10.9 Å².